The molecule has 0 radical (unpaired) electrons. The molecule has 3 rings (SSSR count). The number of nitrogens with one attached hydrogen (secondary N) is 1. The molecule has 1 fully saturated rings. The zero-order valence-electron chi connectivity index (χ0n) is 11.7. The van der Waals surface area contributed by atoms with Crippen LogP contribution in [0.1, 0.15) is 36.8 Å². The number of fused-ring (bicyclic) bond motifs is 1. The summed E-state index contributed by atoms with van der Waals surface area (Å²) >= 11 is 1.95. The first kappa shape index (κ1) is 13.1. The third kappa shape index (κ3) is 2.56. The number of ether oxygens (including phenoxy) is 2. The maximum atomic E-state index is 5.87. The molecule has 1 N–H and O–H groups in total. The SMILES string of the molecule is COc1cc2c(cc1C1NC(C)CCS1)OC(C)C2. The van der Waals surface area contributed by atoms with E-state index in [4.69, 9.17) is 9.47 Å². The summed E-state index contributed by atoms with van der Waals surface area (Å²) < 4.78 is 11.5. The highest BCUT2D eigenvalue weighted by Crippen LogP contribution is 2.42. The molecule has 0 aromatic heterocycles. The second-order valence-electron chi connectivity index (χ2n) is 5.44. The topological polar surface area (TPSA) is 30.5 Å². The largest absolute Gasteiger partial charge is 0.496 e. The average molecular weight is 279 g/mol. The second-order valence-corrected chi connectivity index (χ2v) is 6.65. The summed E-state index contributed by atoms with van der Waals surface area (Å²) in [6, 6.07) is 4.87. The van der Waals surface area contributed by atoms with E-state index in [2.05, 4.69) is 31.3 Å². The molecule has 19 heavy (non-hydrogen) atoms. The molecule has 3 nitrogen and oxygen atoms in total. The Hall–Kier alpha value is -0.870. The van der Waals surface area contributed by atoms with E-state index in [0.29, 0.717) is 11.4 Å². The highest BCUT2D eigenvalue weighted by molar-refractivity contribution is 7.99. The van der Waals surface area contributed by atoms with Gasteiger partial charge in [0, 0.05) is 23.6 Å². The third-order valence-electron chi connectivity index (χ3n) is 3.80. The van der Waals surface area contributed by atoms with Gasteiger partial charge in [0.1, 0.15) is 17.6 Å². The first-order valence-corrected chi connectivity index (χ1v) is 7.97. The lowest BCUT2D eigenvalue weighted by molar-refractivity contribution is 0.254. The fourth-order valence-electron chi connectivity index (χ4n) is 2.77. The van der Waals surface area contributed by atoms with Gasteiger partial charge >= 0.3 is 0 Å². The van der Waals surface area contributed by atoms with E-state index in [0.717, 1.165) is 17.9 Å². The van der Waals surface area contributed by atoms with Crippen LogP contribution in [0.25, 0.3) is 0 Å². The average Bonchev–Trinajstić information content (AvgIpc) is 2.76. The number of rotatable bonds is 2. The lowest BCUT2D eigenvalue weighted by Crippen LogP contribution is -2.33. The van der Waals surface area contributed by atoms with Crippen molar-refractivity contribution in [1.82, 2.24) is 5.32 Å². The van der Waals surface area contributed by atoms with E-state index in [9.17, 15) is 0 Å². The van der Waals surface area contributed by atoms with Crippen molar-refractivity contribution < 1.29 is 9.47 Å². The summed E-state index contributed by atoms with van der Waals surface area (Å²) in [6.07, 6.45) is 2.48. The van der Waals surface area contributed by atoms with E-state index in [-0.39, 0.29) is 6.10 Å². The molecule has 104 valence electrons. The molecule has 3 unspecified atom stereocenters. The van der Waals surface area contributed by atoms with Gasteiger partial charge in [-0.05, 0) is 38.2 Å². The van der Waals surface area contributed by atoms with Gasteiger partial charge in [0.25, 0.3) is 0 Å². The van der Waals surface area contributed by atoms with E-state index in [1.54, 1.807) is 7.11 Å². The van der Waals surface area contributed by atoms with Gasteiger partial charge in [-0.1, -0.05) is 0 Å². The maximum absolute atomic E-state index is 5.87. The quantitative estimate of drug-likeness (QED) is 0.901. The fraction of sp³-hybridized carbons (Fsp3) is 0.600. The predicted octanol–water partition coefficient (Wildman–Crippen LogP) is 3.13. The number of hydrogen-bond acceptors (Lipinski definition) is 4. The molecule has 0 amide bonds. The van der Waals surface area contributed by atoms with Crippen molar-refractivity contribution in [3.8, 4) is 11.5 Å². The molecule has 4 heteroatoms. The maximum Gasteiger partial charge on any atom is 0.125 e. The van der Waals surface area contributed by atoms with Crippen LogP contribution in [0.5, 0.6) is 11.5 Å². The molecule has 2 heterocycles. The zero-order valence-corrected chi connectivity index (χ0v) is 12.5. The lowest BCUT2D eigenvalue weighted by Gasteiger charge is -2.29. The molecule has 1 saturated heterocycles. The first-order chi connectivity index (χ1) is 9.17. The molecule has 1 aromatic rings. The van der Waals surface area contributed by atoms with Crippen LogP contribution in [-0.2, 0) is 6.42 Å². The Morgan fingerprint density at radius 3 is 2.95 bits per heavy atom. The van der Waals surface area contributed by atoms with Crippen LogP contribution in [0.15, 0.2) is 12.1 Å². The summed E-state index contributed by atoms with van der Waals surface area (Å²) in [6.45, 7) is 4.35. The van der Waals surface area contributed by atoms with E-state index in [1.165, 1.54) is 23.3 Å². The van der Waals surface area contributed by atoms with Crippen molar-refractivity contribution in [3.63, 3.8) is 0 Å². The Bertz CT molecular complexity index is 477. The zero-order chi connectivity index (χ0) is 13.4. The van der Waals surface area contributed by atoms with Gasteiger partial charge in [-0.2, -0.15) is 0 Å². The lowest BCUT2D eigenvalue weighted by atomic mass is 10.1. The van der Waals surface area contributed by atoms with Crippen molar-refractivity contribution in [3.05, 3.63) is 23.3 Å². The highest BCUT2D eigenvalue weighted by Gasteiger charge is 2.27. The van der Waals surface area contributed by atoms with Crippen LogP contribution in [0, 0.1) is 0 Å². The van der Waals surface area contributed by atoms with E-state index in [1.807, 2.05) is 11.8 Å². The van der Waals surface area contributed by atoms with Crippen LogP contribution in [0.3, 0.4) is 0 Å². The van der Waals surface area contributed by atoms with Gasteiger partial charge in [0.2, 0.25) is 0 Å². The van der Waals surface area contributed by atoms with Gasteiger partial charge in [-0.15, -0.1) is 11.8 Å². The number of thioether (sulfide) groups is 1. The monoisotopic (exact) mass is 279 g/mol. The smallest absolute Gasteiger partial charge is 0.125 e. The Labute approximate surface area is 119 Å². The van der Waals surface area contributed by atoms with Gasteiger partial charge < -0.3 is 9.47 Å². The summed E-state index contributed by atoms with van der Waals surface area (Å²) in [5.74, 6) is 3.20. The second kappa shape index (κ2) is 5.25. The molecule has 2 aliphatic rings. The van der Waals surface area contributed by atoms with Gasteiger partial charge in [0.05, 0.1) is 12.5 Å². The summed E-state index contributed by atoms with van der Waals surface area (Å²) in [4.78, 5) is 0. The minimum absolute atomic E-state index is 0.279. The summed E-state index contributed by atoms with van der Waals surface area (Å²) in [5.41, 5.74) is 2.48. The molecule has 0 spiro atoms. The summed E-state index contributed by atoms with van der Waals surface area (Å²) in [5, 5.41) is 3.95. The molecule has 0 aliphatic carbocycles. The Kier molecular flexibility index (Phi) is 3.63. The first-order valence-electron chi connectivity index (χ1n) is 6.92. The van der Waals surface area contributed by atoms with Gasteiger partial charge in [0.15, 0.2) is 0 Å². The summed E-state index contributed by atoms with van der Waals surface area (Å²) in [7, 11) is 1.75. The van der Waals surface area contributed by atoms with Crippen molar-refractivity contribution >= 4 is 11.8 Å². The highest BCUT2D eigenvalue weighted by atomic mass is 32.2. The van der Waals surface area contributed by atoms with Gasteiger partial charge in [-0.25, -0.2) is 0 Å². The van der Waals surface area contributed by atoms with Crippen LogP contribution >= 0.6 is 11.8 Å². The predicted molar refractivity (Wildman–Crippen MR) is 79.2 cm³/mol. The van der Waals surface area contributed by atoms with Crippen molar-refractivity contribution in [2.75, 3.05) is 12.9 Å². The standard InChI is InChI=1S/C15H21NO2S/c1-9-4-5-19-15(16-9)12-8-13-11(6-10(2)18-13)7-14(12)17-3/h7-10,15-16H,4-6H2,1-3H3. The third-order valence-corrected chi connectivity index (χ3v) is 5.00. The minimum atomic E-state index is 0.279. The Morgan fingerprint density at radius 1 is 1.37 bits per heavy atom. The van der Waals surface area contributed by atoms with Crippen LogP contribution in [0.2, 0.25) is 0 Å². The van der Waals surface area contributed by atoms with E-state index < -0.39 is 0 Å². The molecular weight excluding hydrogens is 258 g/mol. The van der Waals surface area contributed by atoms with E-state index >= 15 is 0 Å². The molecule has 0 saturated carbocycles. The fourth-order valence-corrected chi connectivity index (χ4v) is 4.19. The molecule has 2 aliphatic heterocycles. The Morgan fingerprint density at radius 2 is 2.21 bits per heavy atom. The van der Waals surface area contributed by atoms with Crippen molar-refractivity contribution in [1.29, 1.82) is 0 Å². The molecule has 1 aromatic carbocycles. The minimum Gasteiger partial charge on any atom is -0.496 e. The molecule has 3 atom stereocenters. The molecule has 0 bridgehead atoms. The van der Waals surface area contributed by atoms with Crippen molar-refractivity contribution in [2.45, 2.75) is 44.2 Å². The number of hydrogen-bond donors (Lipinski definition) is 1. The normalized spacial score (nSPS) is 29.7. The van der Waals surface area contributed by atoms with Crippen LogP contribution in [-0.4, -0.2) is 25.0 Å². The number of benzene rings is 1. The number of methoxy groups -OCH3 is 1. The van der Waals surface area contributed by atoms with Crippen molar-refractivity contribution in [2.24, 2.45) is 0 Å². The molecular formula is C15H21NO2S. The Balaban J connectivity index is 1.94. The van der Waals surface area contributed by atoms with Crippen LogP contribution < -0.4 is 14.8 Å². The van der Waals surface area contributed by atoms with Gasteiger partial charge in [-0.3, -0.25) is 5.32 Å². The van der Waals surface area contributed by atoms with Crippen LogP contribution in [0.4, 0.5) is 0 Å².